The highest BCUT2D eigenvalue weighted by Gasteiger charge is 2.45. The predicted octanol–water partition coefficient (Wildman–Crippen LogP) is 8.99. The Hall–Kier alpha value is -8.46. The zero-order chi connectivity index (χ0) is 76.7. The summed E-state index contributed by atoms with van der Waals surface area (Å²) < 4.78 is 116. The summed E-state index contributed by atoms with van der Waals surface area (Å²) in [5.41, 5.74) is -0.883. The highest BCUT2D eigenvalue weighted by atomic mass is 32.1. The van der Waals surface area contributed by atoms with Gasteiger partial charge in [0.25, 0.3) is 17.7 Å². The van der Waals surface area contributed by atoms with Gasteiger partial charge in [0.2, 0.25) is 17.7 Å². The summed E-state index contributed by atoms with van der Waals surface area (Å²) in [5, 5.41) is 51.3. The van der Waals surface area contributed by atoms with Gasteiger partial charge in [-0.05, 0) is 177 Å². The van der Waals surface area contributed by atoms with E-state index in [0.29, 0.717) is 113 Å². The number of likely N-dealkylation sites (tertiary alicyclic amines) is 3. The molecule has 3 aromatic carbocycles. The first-order valence-corrected chi connectivity index (χ1v) is 36.2. The van der Waals surface area contributed by atoms with Crippen molar-refractivity contribution in [3.63, 3.8) is 0 Å². The molecule has 31 heteroatoms. The highest BCUT2D eigenvalue weighted by Crippen LogP contribution is 2.43. The molecule has 0 radical (unpaired) electrons. The first-order chi connectivity index (χ1) is 49.9. The fraction of sp³-hybridized carbons (Fsp3) is 0.507. The van der Waals surface area contributed by atoms with Gasteiger partial charge < -0.3 is 47.2 Å². The molecule has 572 valence electrons. The van der Waals surface area contributed by atoms with Crippen molar-refractivity contribution < 1.29 is 83.6 Å². The Morgan fingerprint density at radius 3 is 0.981 bits per heavy atom. The summed E-state index contributed by atoms with van der Waals surface area (Å²) in [6, 6.07) is 17.4. The molecule has 106 heavy (non-hydrogen) atoms. The number of nitrogens with one attached hydrogen (secondary N) is 6. The van der Waals surface area contributed by atoms with Gasteiger partial charge in [-0.1, -0.05) is 30.3 Å². The van der Waals surface area contributed by atoms with E-state index in [1.165, 1.54) is 29.5 Å². The minimum absolute atomic E-state index is 0.0422. The Bertz CT molecular complexity index is 3890. The van der Waals surface area contributed by atoms with Gasteiger partial charge in [0, 0.05) is 121 Å². The lowest BCUT2D eigenvalue weighted by Gasteiger charge is -2.48. The van der Waals surface area contributed by atoms with Gasteiger partial charge in [-0.15, -0.1) is 11.3 Å². The topological polar surface area (TPSA) is 284 Å². The molecule has 3 saturated heterocycles. The number of aliphatic hydroxyl groups is 3. The SMILES string of the molecule is Cc1ccc(C(F)(F)F)cc1C(=O)NCC(=O)NC1CN(C2CCC(O)(c3nccs3)CC2)C1.Cc1ccc(C2(O)CCC(N3CC(NC(=O)CNC(=O)c4cc(C(F)(F)F)ccc4C)C3)CC2)cn1.Cc1ccc(C2(O)CCC(N3CC(NC(=O)CNC(=O)c4cc(C(F)(F)F)ccc4C)C3)CC2)cn1. The fourth-order valence-electron chi connectivity index (χ4n) is 14.5. The Labute approximate surface area is 611 Å². The Morgan fingerprint density at radius 1 is 0.434 bits per heavy atom. The number of rotatable bonds is 18. The third-order valence-electron chi connectivity index (χ3n) is 21.1. The van der Waals surface area contributed by atoms with E-state index in [4.69, 9.17) is 0 Å². The number of thiazole rings is 1. The van der Waals surface area contributed by atoms with Crippen LogP contribution in [0.1, 0.15) is 169 Å². The van der Waals surface area contributed by atoms with Crippen molar-refractivity contribution in [1.29, 1.82) is 0 Å². The van der Waals surface area contributed by atoms with Crippen molar-refractivity contribution in [1.82, 2.24) is 61.6 Å². The largest absolute Gasteiger partial charge is 0.416 e. The monoisotopic (exact) mass is 1500 g/mol. The van der Waals surface area contributed by atoms with E-state index in [1.54, 1.807) is 39.4 Å². The average Bonchev–Trinajstić information content (AvgIpc) is 1.06. The predicted molar refractivity (Wildman–Crippen MR) is 375 cm³/mol. The lowest BCUT2D eigenvalue weighted by atomic mass is 9.77. The minimum atomic E-state index is -4.55. The molecular formula is C75H89F9N12O9S. The van der Waals surface area contributed by atoms with Gasteiger partial charge in [0.1, 0.15) is 10.6 Å². The number of hydrogen-bond acceptors (Lipinski definition) is 16. The van der Waals surface area contributed by atoms with Crippen molar-refractivity contribution in [3.8, 4) is 0 Å². The zero-order valence-corrected chi connectivity index (χ0v) is 60.2. The molecule has 6 amide bonds. The number of pyridine rings is 2. The molecule has 0 atom stereocenters. The number of carbonyl (C=O) groups is 6. The summed E-state index contributed by atoms with van der Waals surface area (Å²) in [7, 11) is 0. The molecule has 21 nitrogen and oxygen atoms in total. The van der Waals surface area contributed by atoms with Crippen LogP contribution >= 0.6 is 11.3 Å². The van der Waals surface area contributed by atoms with E-state index in [2.05, 4.69) is 61.6 Å². The smallest absolute Gasteiger partial charge is 0.385 e. The number of amides is 6. The quantitative estimate of drug-likeness (QED) is 0.0363. The number of benzene rings is 3. The van der Waals surface area contributed by atoms with Gasteiger partial charge in [-0.2, -0.15) is 39.5 Å². The van der Waals surface area contributed by atoms with Crippen LogP contribution in [0.3, 0.4) is 0 Å². The average molecular weight is 1510 g/mol. The van der Waals surface area contributed by atoms with Crippen LogP contribution in [-0.2, 0) is 49.7 Å². The number of aromatic nitrogens is 3. The number of nitrogens with zero attached hydrogens (tertiary/aromatic N) is 6. The Balaban J connectivity index is 0.000000170. The number of carbonyl (C=O) groups excluding carboxylic acids is 6. The van der Waals surface area contributed by atoms with E-state index in [1.807, 2.05) is 43.5 Å². The minimum Gasteiger partial charge on any atom is -0.385 e. The normalized spacial score (nSPS) is 23.3. The third-order valence-corrected chi connectivity index (χ3v) is 22.1. The second-order valence-corrected chi connectivity index (χ2v) is 29.7. The standard InChI is InChI=1S/2C26H31F3N4O3.C23H27F3N4O3S/c2*1-16-3-5-18(26(27,28)29)11-22(16)24(35)31-13-23(34)32-20-14-33(15-20)21-7-9-25(36,10-8-21)19-6-4-17(2)30-12-19;1-14-2-3-15(23(24,25)26)10-18(14)20(32)28-11-19(31)29-16-12-30(13-16)17-4-6-22(33,7-5-17)21-27-8-9-34-21/h2*3-6,11-12,20-21,36H,7-10,13-15H2,1-2H3,(H,31,35)(H,32,34);2-3,8-10,16-17,33H,4-7,11-13H2,1H3,(H,28,32)(H,29,31). The van der Waals surface area contributed by atoms with Crippen LogP contribution in [0.5, 0.6) is 0 Å². The van der Waals surface area contributed by atoms with Gasteiger partial charge >= 0.3 is 18.5 Å². The van der Waals surface area contributed by atoms with Crippen LogP contribution in [0, 0.1) is 34.6 Å². The van der Waals surface area contributed by atoms with E-state index >= 15 is 0 Å². The molecule has 3 saturated carbocycles. The van der Waals surface area contributed by atoms with Crippen molar-refractivity contribution in [2.24, 2.45) is 0 Å². The van der Waals surface area contributed by atoms with Crippen LogP contribution in [0.25, 0.3) is 0 Å². The maximum atomic E-state index is 12.9. The van der Waals surface area contributed by atoms with Gasteiger partial charge in [0.15, 0.2) is 0 Å². The third kappa shape index (κ3) is 20.4. The second kappa shape index (κ2) is 33.4. The molecular weight excluding hydrogens is 1420 g/mol. The molecule has 6 aliphatic rings. The van der Waals surface area contributed by atoms with E-state index < -0.39 is 69.7 Å². The highest BCUT2D eigenvalue weighted by molar-refractivity contribution is 7.09. The van der Waals surface area contributed by atoms with Crippen molar-refractivity contribution in [2.75, 3.05) is 58.9 Å². The van der Waals surface area contributed by atoms with Crippen LogP contribution in [0.15, 0.2) is 103 Å². The molecule has 0 unspecified atom stereocenters. The summed E-state index contributed by atoms with van der Waals surface area (Å²) in [5.74, 6) is -3.32. The lowest BCUT2D eigenvalue weighted by molar-refractivity contribution is -0.138. The summed E-state index contributed by atoms with van der Waals surface area (Å²) in [4.78, 5) is 93.5. The first-order valence-electron chi connectivity index (χ1n) is 35.4. The number of alkyl halides is 9. The van der Waals surface area contributed by atoms with E-state index in [9.17, 15) is 83.6 Å². The van der Waals surface area contributed by atoms with Crippen LogP contribution in [-0.4, -0.2) is 176 Å². The van der Waals surface area contributed by atoms with Crippen molar-refractivity contribution in [2.45, 2.75) is 183 Å². The van der Waals surface area contributed by atoms with Gasteiger partial charge in [-0.3, -0.25) is 53.4 Å². The fourth-order valence-corrected chi connectivity index (χ4v) is 15.3. The van der Waals surface area contributed by atoms with Crippen LogP contribution in [0.4, 0.5) is 39.5 Å². The molecule has 3 aliphatic heterocycles. The Kier molecular flexibility index (Phi) is 25.2. The van der Waals surface area contributed by atoms with Crippen molar-refractivity contribution >= 4 is 46.8 Å². The molecule has 6 aromatic rings. The maximum Gasteiger partial charge on any atom is 0.416 e. The molecule has 6 fully saturated rings. The molecule has 3 aliphatic carbocycles. The van der Waals surface area contributed by atoms with E-state index in [0.717, 1.165) is 102 Å². The van der Waals surface area contributed by atoms with Crippen molar-refractivity contribution in [3.05, 3.63) is 180 Å². The summed E-state index contributed by atoms with van der Waals surface area (Å²) in [6.07, 6.45) is 0.535. The molecule has 9 N–H and O–H groups in total. The maximum absolute atomic E-state index is 12.9. The van der Waals surface area contributed by atoms with Crippen LogP contribution in [0.2, 0.25) is 0 Å². The molecule has 0 spiro atoms. The van der Waals surface area contributed by atoms with Crippen LogP contribution < -0.4 is 31.9 Å². The Morgan fingerprint density at radius 2 is 0.726 bits per heavy atom. The molecule has 6 heterocycles. The zero-order valence-electron chi connectivity index (χ0n) is 59.4. The van der Waals surface area contributed by atoms with Gasteiger partial charge in [0.05, 0.1) is 65.7 Å². The molecule has 12 rings (SSSR count). The number of hydrogen-bond donors (Lipinski definition) is 9. The molecule has 0 bridgehead atoms. The summed E-state index contributed by atoms with van der Waals surface area (Å²) >= 11 is 1.47. The lowest BCUT2D eigenvalue weighted by Crippen LogP contribution is -2.63. The second-order valence-electron chi connectivity index (χ2n) is 28.8. The number of aryl methyl sites for hydroxylation is 5. The first kappa shape index (κ1) is 80.1. The van der Waals surface area contributed by atoms with E-state index in [-0.39, 0.29) is 72.2 Å². The molecule has 3 aromatic heterocycles. The van der Waals surface area contributed by atoms with Gasteiger partial charge in [-0.25, -0.2) is 4.98 Å². The number of halogens is 9. The summed E-state index contributed by atoms with van der Waals surface area (Å²) in [6.45, 7) is 11.6.